The minimum Gasteiger partial charge on any atom is -0.462 e. The van der Waals surface area contributed by atoms with Crippen molar-refractivity contribution in [3.8, 4) is 34.5 Å². The highest BCUT2D eigenvalue weighted by Gasteiger charge is 2.21. The van der Waals surface area contributed by atoms with Crippen molar-refractivity contribution in [3.05, 3.63) is 35.9 Å². The van der Waals surface area contributed by atoms with Crippen molar-refractivity contribution in [2.45, 2.75) is 6.61 Å². The molecule has 0 N–H and O–H groups in total. The van der Waals surface area contributed by atoms with Crippen molar-refractivity contribution in [2.75, 3.05) is 34.0 Å². The number of benzene rings is 2. The number of nitrogens with zero attached hydrogens (tertiary/aromatic N) is 3. The van der Waals surface area contributed by atoms with E-state index in [1.165, 1.54) is 0 Å². The normalized spacial score (nSPS) is 14.4. The molecule has 0 atom stereocenters. The third kappa shape index (κ3) is 3.06. The lowest BCUT2D eigenvalue weighted by Gasteiger charge is -2.13. The topological polar surface area (TPSA) is 75.2 Å². The van der Waals surface area contributed by atoms with Gasteiger partial charge >= 0.3 is 6.01 Å². The lowest BCUT2D eigenvalue weighted by atomic mass is 10.0. The Morgan fingerprint density at radius 1 is 1.04 bits per heavy atom. The average Bonchev–Trinajstić information content (AvgIpc) is 3.33. The van der Waals surface area contributed by atoms with Crippen LogP contribution in [0.3, 0.4) is 0 Å². The van der Waals surface area contributed by atoms with Crippen molar-refractivity contribution >= 4 is 10.9 Å². The van der Waals surface area contributed by atoms with Gasteiger partial charge in [-0.1, -0.05) is 12.1 Å². The second-order valence-corrected chi connectivity index (χ2v) is 6.90. The van der Waals surface area contributed by atoms with Crippen molar-refractivity contribution in [1.29, 1.82) is 0 Å². The third-order valence-corrected chi connectivity index (χ3v) is 4.64. The third-order valence-electron chi connectivity index (χ3n) is 4.64. The molecule has 0 amide bonds. The van der Waals surface area contributed by atoms with Crippen molar-refractivity contribution < 1.29 is 24.0 Å². The van der Waals surface area contributed by atoms with Crippen molar-refractivity contribution in [1.82, 2.24) is 14.9 Å². The van der Waals surface area contributed by atoms with Gasteiger partial charge < -0.3 is 24.0 Å². The molecule has 0 aliphatic carbocycles. The van der Waals surface area contributed by atoms with Gasteiger partial charge in [-0.2, -0.15) is 14.9 Å². The SMILES string of the molecule is CN(C)CCOc1nc(-c2ccc3c(c2)OOC3)c2cc3c(cc2n1)OCO3. The van der Waals surface area contributed by atoms with Crippen LogP contribution in [0, 0.1) is 0 Å². The van der Waals surface area contributed by atoms with E-state index in [1.807, 2.05) is 49.3 Å². The Morgan fingerprint density at radius 3 is 2.75 bits per heavy atom. The second kappa shape index (κ2) is 6.81. The molecule has 0 saturated carbocycles. The second-order valence-electron chi connectivity index (χ2n) is 6.90. The van der Waals surface area contributed by atoms with E-state index in [9.17, 15) is 0 Å². The van der Waals surface area contributed by atoms with Gasteiger partial charge in [0.1, 0.15) is 13.2 Å². The first-order valence-corrected chi connectivity index (χ1v) is 8.99. The molecule has 2 aromatic carbocycles. The Kier molecular flexibility index (Phi) is 4.14. The molecule has 0 fully saturated rings. The molecule has 2 aliphatic heterocycles. The number of hydrogen-bond donors (Lipinski definition) is 0. The lowest BCUT2D eigenvalue weighted by molar-refractivity contribution is -0.194. The van der Waals surface area contributed by atoms with Gasteiger partial charge in [0.25, 0.3) is 0 Å². The fourth-order valence-corrected chi connectivity index (χ4v) is 3.16. The van der Waals surface area contributed by atoms with E-state index >= 15 is 0 Å². The predicted octanol–water partition coefficient (Wildman–Crippen LogP) is 2.79. The molecule has 0 saturated heterocycles. The highest BCUT2D eigenvalue weighted by Crippen LogP contribution is 2.40. The molecule has 0 spiro atoms. The number of aromatic nitrogens is 2. The predicted molar refractivity (Wildman–Crippen MR) is 101 cm³/mol. The van der Waals surface area contributed by atoms with Gasteiger partial charge in [-0.3, -0.25) is 0 Å². The fraction of sp³-hybridized carbons (Fsp3) is 0.300. The first kappa shape index (κ1) is 17.0. The monoisotopic (exact) mass is 381 g/mol. The summed E-state index contributed by atoms with van der Waals surface area (Å²) in [5.41, 5.74) is 3.35. The van der Waals surface area contributed by atoms with E-state index in [4.69, 9.17) is 24.0 Å². The van der Waals surface area contributed by atoms with E-state index < -0.39 is 0 Å². The summed E-state index contributed by atoms with van der Waals surface area (Å²) in [5.74, 6) is 2.04. The van der Waals surface area contributed by atoms with Crippen LogP contribution >= 0.6 is 0 Å². The molecular formula is C20H19N3O5. The lowest BCUT2D eigenvalue weighted by Crippen LogP contribution is -2.20. The van der Waals surface area contributed by atoms with Gasteiger partial charge in [-0.05, 0) is 26.2 Å². The summed E-state index contributed by atoms with van der Waals surface area (Å²) < 4.78 is 16.8. The summed E-state index contributed by atoms with van der Waals surface area (Å²) in [6, 6.07) is 9.97. The van der Waals surface area contributed by atoms with Crippen LogP contribution in [-0.2, 0) is 11.5 Å². The molecule has 5 rings (SSSR count). The van der Waals surface area contributed by atoms with Crippen LogP contribution in [0.1, 0.15) is 5.56 Å². The molecule has 144 valence electrons. The van der Waals surface area contributed by atoms with Crippen LogP contribution in [0.5, 0.6) is 23.3 Å². The Bertz CT molecular complexity index is 1050. The molecule has 0 radical (unpaired) electrons. The molecular weight excluding hydrogens is 362 g/mol. The van der Waals surface area contributed by atoms with E-state index in [0.717, 1.165) is 34.3 Å². The quantitative estimate of drug-likeness (QED) is 0.625. The maximum absolute atomic E-state index is 5.81. The molecule has 8 nitrogen and oxygen atoms in total. The van der Waals surface area contributed by atoms with Crippen molar-refractivity contribution in [3.63, 3.8) is 0 Å². The smallest absolute Gasteiger partial charge is 0.317 e. The first-order valence-electron chi connectivity index (χ1n) is 8.99. The maximum atomic E-state index is 5.81. The van der Waals surface area contributed by atoms with Crippen LogP contribution < -0.4 is 19.1 Å². The highest BCUT2D eigenvalue weighted by molar-refractivity contribution is 5.95. The minimum atomic E-state index is 0.199. The zero-order valence-corrected chi connectivity index (χ0v) is 15.6. The molecule has 8 heteroatoms. The minimum absolute atomic E-state index is 0.199. The molecule has 0 unspecified atom stereocenters. The summed E-state index contributed by atoms with van der Waals surface area (Å²) in [6.07, 6.45) is 0. The van der Waals surface area contributed by atoms with E-state index in [-0.39, 0.29) is 6.79 Å². The first-order chi connectivity index (χ1) is 13.7. The van der Waals surface area contributed by atoms with Crippen LogP contribution in [-0.4, -0.2) is 48.9 Å². The number of hydrogen-bond acceptors (Lipinski definition) is 8. The van der Waals surface area contributed by atoms with Gasteiger partial charge in [0.05, 0.1) is 11.2 Å². The standard InChI is InChI=1S/C20H19N3O5/c1-23(2)5-6-24-20-21-15-9-18-17(25-11-26-18)8-14(15)19(22-20)12-3-4-13-10-27-28-16(13)7-12/h3-4,7-9H,5-6,10-11H2,1-2H3. The fourth-order valence-electron chi connectivity index (χ4n) is 3.16. The Hall–Kier alpha value is -3.10. The van der Waals surface area contributed by atoms with Gasteiger partial charge in [0, 0.05) is 29.1 Å². The largest absolute Gasteiger partial charge is 0.462 e. The van der Waals surface area contributed by atoms with Gasteiger partial charge in [0.2, 0.25) is 6.79 Å². The van der Waals surface area contributed by atoms with Crippen LogP contribution in [0.25, 0.3) is 22.2 Å². The molecule has 28 heavy (non-hydrogen) atoms. The maximum Gasteiger partial charge on any atom is 0.317 e. The van der Waals surface area contributed by atoms with E-state index in [2.05, 4.69) is 9.97 Å². The van der Waals surface area contributed by atoms with E-state index in [1.54, 1.807) is 0 Å². The average molecular weight is 381 g/mol. The van der Waals surface area contributed by atoms with Crippen LogP contribution in [0.2, 0.25) is 0 Å². The van der Waals surface area contributed by atoms with Gasteiger partial charge in [0.15, 0.2) is 17.2 Å². The summed E-state index contributed by atoms with van der Waals surface area (Å²) in [4.78, 5) is 21.6. The summed E-state index contributed by atoms with van der Waals surface area (Å²) in [5, 5.41) is 0.850. The highest BCUT2D eigenvalue weighted by atomic mass is 17.2. The van der Waals surface area contributed by atoms with Crippen molar-refractivity contribution in [2.24, 2.45) is 0 Å². The summed E-state index contributed by atoms with van der Waals surface area (Å²) in [7, 11) is 3.98. The molecule has 3 heterocycles. The molecule has 2 aliphatic rings. The van der Waals surface area contributed by atoms with E-state index in [0.29, 0.717) is 36.5 Å². The zero-order valence-electron chi connectivity index (χ0n) is 15.6. The summed E-state index contributed by atoms with van der Waals surface area (Å²) in [6.45, 7) is 1.90. The van der Waals surface area contributed by atoms with Gasteiger partial charge in [-0.25, -0.2) is 0 Å². The molecule has 0 bridgehead atoms. The van der Waals surface area contributed by atoms with Crippen LogP contribution in [0.4, 0.5) is 0 Å². The summed E-state index contributed by atoms with van der Waals surface area (Å²) >= 11 is 0. The zero-order chi connectivity index (χ0) is 19.1. The molecule has 3 aromatic rings. The number of likely N-dealkylation sites (N-methyl/N-ethyl adjacent to an activating group) is 1. The number of fused-ring (bicyclic) bond motifs is 3. The Labute approximate surface area is 161 Å². The Balaban J connectivity index is 1.62. The number of ether oxygens (including phenoxy) is 3. The Morgan fingerprint density at radius 2 is 1.89 bits per heavy atom. The molecule has 1 aromatic heterocycles. The van der Waals surface area contributed by atoms with Crippen LogP contribution in [0.15, 0.2) is 30.3 Å². The number of rotatable bonds is 5. The van der Waals surface area contributed by atoms with Gasteiger partial charge in [-0.15, -0.1) is 0 Å².